The molecule has 0 radical (unpaired) electrons. The van der Waals surface area contributed by atoms with Crippen LogP contribution in [0.15, 0.2) is 23.6 Å². The fourth-order valence-corrected chi connectivity index (χ4v) is 2.76. The number of aromatic nitrogens is 2. The lowest BCUT2D eigenvalue weighted by Crippen LogP contribution is -2.27. The van der Waals surface area contributed by atoms with Crippen molar-refractivity contribution in [3.05, 3.63) is 39.4 Å². The largest absolute Gasteiger partial charge is 0.369 e. The Morgan fingerprint density at radius 2 is 2.17 bits per heavy atom. The van der Waals surface area contributed by atoms with E-state index >= 15 is 0 Å². The number of nitrogens with zero attached hydrogens (tertiary/aromatic N) is 2. The van der Waals surface area contributed by atoms with Gasteiger partial charge in [0, 0.05) is 22.9 Å². The second-order valence-electron chi connectivity index (χ2n) is 4.84. The first-order chi connectivity index (χ1) is 8.47. The van der Waals surface area contributed by atoms with E-state index in [0.29, 0.717) is 11.0 Å². The van der Waals surface area contributed by atoms with E-state index < -0.39 is 0 Å². The van der Waals surface area contributed by atoms with Crippen molar-refractivity contribution < 1.29 is 0 Å². The average Bonchev–Trinajstić information content (AvgIpc) is 2.79. The van der Waals surface area contributed by atoms with Gasteiger partial charge in [0.05, 0.1) is 0 Å². The Hall–Kier alpha value is -1.13. The van der Waals surface area contributed by atoms with Gasteiger partial charge in [-0.1, -0.05) is 31.5 Å². The molecule has 2 aromatic heterocycles. The molecule has 0 aromatic carbocycles. The molecule has 0 saturated carbocycles. The Kier molecular flexibility index (Phi) is 3.88. The molecule has 0 amide bonds. The lowest BCUT2D eigenvalue weighted by molar-refractivity contribution is 0.568. The molecule has 0 aliphatic rings. The van der Waals surface area contributed by atoms with Crippen molar-refractivity contribution in [2.24, 2.45) is 0 Å². The summed E-state index contributed by atoms with van der Waals surface area (Å²) in [6.07, 6.45) is 0. The van der Waals surface area contributed by atoms with Gasteiger partial charge in [0.25, 0.3) is 0 Å². The zero-order valence-corrected chi connectivity index (χ0v) is 12.3. The molecule has 1 N–H and O–H groups in total. The quantitative estimate of drug-likeness (QED) is 0.864. The Balaban J connectivity index is 2.07. The van der Waals surface area contributed by atoms with E-state index in [0.717, 1.165) is 12.4 Å². The normalized spacial score (nSPS) is 11.6. The van der Waals surface area contributed by atoms with Crippen molar-refractivity contribution in [2.45, 2.75) is 26.2 Å². The number of hydrogen-bond acceptors (Lipinski definition) is 4. The minimum atomic E-state index is 0.0689. The van der Waals surface area contributed by atoms with Gasteiger partial charge in [-0.15, -0.1) is 11.3 Å². The number of rotatable bonds is 4. The summed E-state index contributed by atoms with van der Waals surface area (Å²) >= 11 is 7.68. The molecule has 0 atom stereocenters. The third kappa shape index (κ3) is 3.21. The van der Waals surface area contributed by atoms with Crippen molar-refractivity contribution in [1.82, 2.24) is 9.97 Å². The second kappa shape index (κ2) is 5.24. The van der Waals surface area contributed by atoms with Crippen LogP contribution >= 0.6 is 22.9 Å². The van der Waals surface area contributed by atoms with E-state index in [1.807, 2.05) is 6.92 Å². The zero-order valence-electron chi connectivity index (χ0n) is 10.7. The SMILES string of the molecule is Cc1nc(Cl)cc(NCC(C)(C)c2cccs2)n1. The molecule has 2 heterocycles. The molecular weight excluding hydrogens is 266 g/mol. The highest BCUT2D eigenvalue weighted by Gasteiger charge is 2.21. The van der Waals surface area contributed by atoms with Crippen LogP contribution in [0.4, 0.5) is 5.82 Å². The van der Waals surface area contributed by atoms with E-state index in [2.05, 4.69) is 46.6 Å². The van der Waals surface area contributed by atoms with Gasteiger partial charge in [0.2, 0.25) is 0 Å². The summed E-state index contributed by atoms with van der Waals surface area (Å²) in [5.41, 5.74) is 0.0689. The molecular formula is C13H16ClN3S. The summed E-state index contributed by atoms with van der Waals surface area (Å²) in [6, 6.07) is 5.98. The molecule has 0 aliphatic heterocycles. The first-order valence-corrected chi connectivity index (χ1v) is 7.02. The summed E-state index contributed by atoms with van der Waals surface area (Å²) in [7, 11) is 0. The molecule has 2 rings (SSSR count). The Labute approximate surface area is 116 Å². The van der Waals surface area contributed by atoms with Crippen LogP contribution in [0.25, 0.3) is 0 Å². The van der Waals surface area contributed by atoms with Crippen LogP contribution in [-0.4, -0.2) is 16.5 Å². The Bertz CT molecular complexity index is 503. The number of anilines is 1. The molecule has 18 heavy (non-hydrogen) atoms. The number of aryl methyl sites for hydroxylation is 1. The third-order valence-electron chi connectivity index (χ3n) is 2.71. The molecule has 5 heteroatoms. The fourth-order valence-electron chi connectivity index (χ4n) is 1.68. The molecule has 0 spiro atoms. The van der Waals surface area contributed by atoms with Crippen LogP contribution in [-0.2, 0) is 5.41 Å². The van der Waals surface area contributed by atoms with E-state index in [1.165, 1.54) is 4.88 Å². The fraction of sp³-hybridized carbons (Fsp3) is 0.385. The first-order valence-electron chi connectivity index (χ1n) is 5.76. The average molecular weight is 282 g/mol. The maximum atomic E-state index is 5.91. The van der Waals surface area contributed by atoms with Crippen LogP contribution in [0.3, 0.4) is 0 Å². The van der Waals surface area contributed by atoms with Gasteiger partial charge in [0.15, 0.2) is 0 Å². The van der Waals surface area contributed by atoms with E-state index in [1.54, 1.807) is 17.4 Å². The van der Waals surface area contributed by atoms with Crippen molar-refractivity contribution in [2.75, 3.05) is 11.9 Å². The van der Waals surface area contributed by atoms with Gasteiger partial charge < -0.3 is 5.32 Å². The number of halogens is 1. The molecule has 0 unspecified atom stereocenters. The van der Waals surface area contributed by atoms with Gasteiger partial charge in [-0.2, -0.15) is 0 Å². The number of hydrogen-bond donors (Lipinski definition) is 1. The van der Waals surface area contributed by atoms with E-state index in [9.17, 15) is 0 Å². The lowest BCUT2D eigenvalue weighted by Gasteiger charge is -2.24. The van der Waals surface area contributed by atoms with Gasteiger partial charge in [0.1, 0.15) is 16.8 Å². The Morgan fingerprint density at radius 1 is 1.39 bits per heavy atom. The first kappa shape index (κ1) is 13.3. The minimum Gasteiger partial charge on any atom is -0.369 e. The number of nitrogens with one attached hydrogen (secondary N) is 1. The maximum Gasteiger partial charge on any atom is 0.134 e. The minimum absolute atomic E-state index is 0.0689. The summed E-state index contributed by atoms with van der Waals surface area (Å²) in [5.74, 6) is 1.45. The summed E-state index contributed by atoms with van der Waals surface area (Å²) in [4.78, 5) is 9.71. The lowest BCUT2D eigenvalue weighted by atomic mass is 9.91. The van der Waals surface area contributed by atoms with Crippen LogP contribution in [0, 0.1) is 6.92 Å². The van der Waals surface area contributed by atoms with Crippen LogP contribution < -0.4 is 5.32 Å². The highest BCUT2D eigenvalue weighted by Crippen LogP contribution is 2.27. The molecule has 96 valence electrons. The maximum absolute atomic E-state index is 5.91. The van der Waals surface area contributed by atoms with Crippen LogP contribution in [0.2, 0.25) is 5.15 Å². The molecule has 0 saturated heterocycles. The molecule has 0 fully saturated rings. The van der Waals surface area contributed by atoms with E-state index in [-0.39, 0.29) is 5.41 Å². The monoisotopic (exact) mass is 281 g/mol. The van der Waals surface area contributed by atoms with Gasteiger partial charge in [-0.3, -0.25) is 0 Å². The predicted octanol–water partition coefficient (Wildman–Crippen LogP) is 3.89. The van der Waals surface area contributed by atoms with Gasteiger partial charge in [-0.05, 0) is 18.4 Å². The summed E-state index contributed by atoms with van der Waals surface area (Å²) < 4.78 is 0. The molecule has 3 nitrogen and oxygen atoms in total. The number of thiophene rings is 1. The van der Waals surface area contributed by atoms with E-state index in [4.69, 9.17) is 11.6 Å². The molecule has 0 aliphatic carbocycles. The highest BCUT2D eigenvalue weighted by atomic mass is 35.5. The highest BCUT2D eigenvalue weighted by molar-refractivity contribution is 7.10. The van der Waals surface area contributed by atoms with Crippen molar-refractivity contribution in [3.63, 3.8) is 0 Å². The zero-order chi connectivity index (χ0) is 13.2. The summed E-state index contributed by atoms with van der Waals surface area (Å²) in [6.45, 7) is 7.06. The summed E-state index contributed by atoms with van der Waals surface area (Å²) in [5, 5.41) is 5.90. The van der Waals surface area contributed by atoms with Crippen LogP contribution in [0.5, 0.6) is 0 Å². The van der Waals surface area contributed by atoms with Crippen LogP contribution in [0.1, 0.15) is 24.5 Å². The molecule has 0 bridgehead atoms. The van der Waals surface area contributed by atoms with Gasteiger partial charge in [-0.25, -0.2) is 9.97 Å². The smallest absolute Gasteiger partial charge is 0.134 e. The second-order valence-corrected chi connectivity index (χ2v) is 6.17. The topological polar surface area (TPSA) is 37.8 Å². The predicted molar refractivity (Wildman–Crippen MR) is 77.6 cm³/mol. The van der Waals surface area contributed by atoms with Crippen molar-refractivity contribution in [3.8, 4) is 0 Å². The van der Waals surface area contributed by atoms with Crippen molar-refractivity contribution in [1.29, 1.82) is 0 Å². The van der Waals surface area contributed by atoms with Crippen molar-refractivity contribution >= 4 is 28.8 Å². The Morgan fingerprint density at radius 3 is 2.78 bits per heavy atom. The standard InChI is InChI=1S/C13H16ClN3S/c1-9-16-11(14)7-12(17-9)15-8-13(2,3)10-5-4-6-18-10/h4-7H,8H2,1-3H3,(H,15,16,17). The van der Waals surface area contributed by atoms with Gasteiger partial charge >= 0.3 is 0 Å². The third-order valence-corrected chi connectivity index (χ3v) is 4.14. The molecule has 2 aromatic rings.